The predicted octanol–water partition coefficient (Wildman–Crippen LogP) is 2.13. The van der Waals surface area contributed by atoms with Crippen molar-refractivity contribution in [2.45, 2.75) is 37.1 Å². The SMILES string of the molecule is CC1CCC(NS(=O)(=O)c2ccc(F)c(C(=O)O)c2F)C1. The minimum Gasteiger partial charge on any atom is -0.477 e. The van der Waals surface area contributed by atoms with Crippen molar-refractivity contribution >= 4 is 16.0 Å². The van der Waals surface area contributed by atoms with Gasteiger partial charge in [-0.15, -0.1) is 0 Å². The van der Waals surface area contributed by atoms with Crippen LogP contribution < -0.4 is 4.72 Å². The van der Waals surface area contributed by atoms with Gasteiger partial charge in [0.2, 0.25) is 10.0 Å². The van der Waals surface area contributed by atoms with Crippen LogP contribution in [0.3, 0.4) is 0 Å². The second-order valence-electron chi connectivity index (χ2n) is 5.28. The fourth-order valence-electron chi connectivity index (χ4n) is 2.53. The average Bonchev–Trinajstić information content (AvgIpc) is 2.72. The molecule has 5 nitrogen and oxygen atoms in total. The van der Waals surface area contributed by atoms with Crippen LogP contribution in [-0.2, 0) is 10.0 Å². The molecule has 1 aliphatic rings. The second-order valence-corrected chi connectivity index (χ2v) is 6.96. The van der Waals surface area contributed by atoms with Crippen molar-refractivity contribution in [3.05, 3.63) is 29.3 Å². The van der Waals surface area contributed by atoms with Crippen LogP contribution in [0.1, 0.15) is 36.5 Å². The molecule has 1 aliphatic carbocycles. The summed E-state index contributed by atoms with van der Waals surface area (Å²) >= 11 is 0. The van der Waals surface area contributed by atoms with E-state index in [1.54, 1.807) is 0 Å². The highest BCUT2D eigenvalue weighted by molar-refractivity contribution is 7.89. The van der Waals surface area contributed by atoms with E-state index in [0.29, 0.717) is 24.8 Å². The van der Waals surface area contributed by atoms with Crippen LogP contribution >= 0.6 is 0 Å². The molecule has 1 saturated carbocycles. The molecule has 0 spiro atoms. The Morgan fingerprint density at radius 3 is 2.52 bits per heavy atom. The van der Waals surface area contributed by atoms with Crippen LogP contribution in [0.5, 0.6) is 0 Å². The van der Waals surface area contributed by atoms with Crippen molar-refractivity contribution < 1.29 is 27.1 Å². The minimum atomic E-state index is -4.23. The molecular weight excluding hydrogens is 304 g/mol. The molecule has 2 unspecified atom stereocenters. The van der Waals surface area contributed by atoms with Crippen LogP contribution in [0.15, 0.2) is 17.0 Å². The number of aromatic carboxylic acids is 1. The summed E-state index contributed by atoms with van der Waals surface area (Å²) in [4.78, 5) is 9.97. The summed E-state index contributed by atoms with van der Waals surface area (Å²) in [6.07, 6.45) is 2.13. The monoisotopic (exact) mass is 319 g/mol. The number of carboxylic acid groups (broad SMARTS) is 1. The zero-order chi connectivity index (χ0) is 15.8. The molecular formula is C13H15F2NO4S. The molecule has 0 aliphatic heterocycles. The van der Waals surface area contributed by atoms with E-state index in [0.717, 1.165) is 12.5 Å². The molecule has 116 valence electrons. The molecule has 2 rings (SSSR count). The van der Waals surface area contributed by atoms with Crippen LogP contribution in [0, 0.1) is 17.6 Å². The number of halogens is 2. The molecule has 1 aromatic carbocycles. The zero-order valence-corrected chi connectivity index (χ0v) is 12.1. The van der Waals surface area contributed by atoms with Gasteiger partial charge >= 0.3 is 5.97 Å². The molecule has 0 bridgehead atoms. The zero-order valence-electron chi connectivity index (χ0n) is 11.3. The first-order chi connectivity index (χ1) is 9.72. The van der Waals surface area contributed by atoms with E-state index < -0.39 is 38.1 Å². The van der Waals surface area contributed by atoms with Crippen LogP contribution in [0.25, 0.3) is 0 Å². The number of nitrogens with one attached hydrogen (secondary N) is 1. The van der Waals surface area contributed by atoms with Crippen molar-refractivity contribution in [3.8, 4) is 0 Å². The van der Waals surface area contributed by atoms with E-state index in [-0.39, 0.29) is 6.04 Å². The van der Waals surface area contributed by atoms with Gasteiger partial charge in [0.25, 0.3) is 0 Å². The summed E-state index contributed by atoms with van der Waals surface area (Å²) in [5, 5.41) is 8.76. The lowest BCUT2D eigenvalue weighted by molar-refractivity contribution is 0.0685. The number of hydrogen-bond acceptors (Lipinski definition) is 3. The third-order valence-electron chi connectivity index (χ3n) is 3.58. The quantitative estimate of drug-likeness (QED) is 0.890. The van der Waals surface area contributed by atoms with E-state index in [1.807, 2.05) is 6.92 Å². The normalized spacial score (nSPS) is 22.4. The standard InChI is InChI=1S/C13H15F2NO4S/c1-7-2-3-8(6-7)16-21(19,20)10-5-4-9(14)11(12(10)15)13(17)18/h4-5,7-8,16H,2-3,6H2,1H3,(H,17,18). The number of sulfonamides is 1. The van der Waals surface area contributed by atoms with Crippen molar-refractivity contribution in [1.82, 2.24) is 4.72 Å². The third-order valence-corrected chi connectivity index (χ3v) is 5.11. The summed E-state index contributed by atoms with van der Waals surface area (Å²) in [6.45, 7) is 1.98. The highest BCUT2D eigenvalue weighted by Crippen LogP contribution is 2.27. The largest absolute Gasteiger partial charge is 0.477 e. The van der Waals surface area contributed by atoms with E-state index in [4.69, 9.17) is 5.11 Å². The average molecular weight is 319 g/mol. The third kappa shape index (κ3) is 3.21. The van der Waals surface area contributed by atoms with Crippen molar-refractivity contribution in [1.29, 1.82) is 0 Å². The first-order valence-corrected chi connectivity index (χ1v) is 7.94. The van der Waals surface area contributed by atoms with Crippen LogP contribution in [-0.4, -0.2) is 25.5 Å². The first-order valence-electron chi connectivity index (χ1n) is 6.46. The van der Waals surface area contributed by atoms with Gasteiger partial charge in [0.05, 0.1) is 0 Å². The summed E-state index contributed by atoms with van der Waals surface area (Å²) in [5.41, 5.74) is -1.27. The van der Waals surface area contributed by atoms with E-state index in [1.165, 1.54) is 0 Å². The number of benzene rings is 1. The first kappa shape index (κ1) is 15.8. The summed E-state index contributed by atoms with van der Waals surface area (Å²) < 4.78 is 53.9. The Bertz CT molecular complexity index is 675. The summed E-state index contributed by atoms with van der Waals surface area (Å²) in [6, 6.07) is 1.05. The van der Waals surface area contributed by atoms with Gasteiger partial charge in [-0.2, -0.15) is 0 Å². The Morgan fingerprint density at radius 2 is 2.00 bits per heavy atom. The Labute approximate surface area is 121 Å². The maximum Gasteiger partial charge on any atom is 0.341 e. The number of hydrogen-bond donors (Lipinski definition) is 2. The van der Waals surface area contributed by atoms with Gasteiger partial charge in [-0.05, 0) is 37.3 Å². The van der Waals surface area contributed by atoms with Gasteiger partial charge in [-0.1, -0.05) is 6.92 Å². The Morgan fingerprint density at radius 1 is 1.33 bits per heavy atom. The fourth-order valence-corrected chi connectivity index (χ4v) is 3.90. The highest BCUT2D eigenvalue weighted by Gasteiger charge is 2.31. The van der Waals surface area contributed by atoms with E-state index >= 15 is 0 Å². The molecule has 1 fully saturated rings. The Hall–Kier alpha value is -1.54. The molecule has 0 saturated heterocycles. The molecule has 2 N–H and O–H groups in total. The smallest absolute Gasteiger partial charge is 0.341 e. The fraction of sp³-hybridized carbons (Fsp3) is 0.462. The predicted molar refractivity (Wildman–Crippen MR) is 70.4 cm³/mol. The van der Waals surface area contributed by atoms with Gasteiger partial charge in [0.15, 0.2) is 5.82 Å². The summed E-state index contributed by atoms with van der Waals surface area (Å²) in [7, 11) is -4.23. The van der Waals surface area contributed by atoms with E-state index in [2.05, 4.69) is 4.72 Å². The molecule has 0 heterocycles. The van der Waals surface area contributed by atoms with Crippen LogP contribution in [0.2, 0.25) is 0 Å². The maximum absolute atomic E-state index is 14.0. The number of carbonyl (C=O) groups is 1. The lowest BCUT2D eigenvalue weighted by atomic mass is 10.1. The maximum atomic E-state index is 14.0. The Balaban J connectivity index is 2.37. The molecule has 2 atom stereocenters. The molecule has 0 aromatic heterocycles. The van der Waals surface area contributed by atoms with Gasteiger partial charge < -0.3 is 5.11 Å². The molecule has 0 amide bonds. The minimum absolute atomic E-state index is 0.317. The summed E-state index contributed by atoms with van der Waals surface area (Å²) in [5.74, 6) is -4.38. The van der Waals surface area contributed by atoms with Crippen LogP contribution in [0.4, 0.5) is 8.78 Å². The lowest BCUT2D eigenvalue weighted by Gasteiger charge is -2.14. The molecule has 1 aromatic rings. The number of carboxylic acids is 1. The van der Waals surface area contributed by atoms with Crippen molar-refractivity contribution in [2.75, 3.05) is 0 Å². The molecule has 8 heteroatoms. The highest BCUT2D eigenvalue weighted by atomic mass is 32.2. The van der Waals surface area contributed by atoms with Gasteiger partial charge in [0, 0.05) is 6.04 Å². The topological polar surface area (TPSA) is 83.5 Å². The Kier molecular flexibility index (Phi) is 4.29. The lowest BCUT2D eigenvalue weighted by Crippen LogP contribution is -2.33. The second kappa shape index (κ2) is 5.69. The van der Waals surface area contributed by atoms with Crippen molar-refractivity contribution in [2.24, 2.45) is 5.92 Å². The molecule has 21 heavy (non-hydrogen) atoms. The van der Waals surface area contributed by atoms with E-state index in [9.17, 15) is 22.0 Å². The van der Waals surface area contributed by atoms with Gasteiger partial charge in [0.1, 0.15) is 16.3 Å². The number of rotatable bonds is 4. The van der Waals surface area contributed by atoms with Crippen molar-refractivity contribution in [3.63, 3.8) is 0 Å². The van der Waals surface area contributed by atoms with Gasteiger partial charge in [-0.25, -0.2) is 26.7 Å². The molecule has 0 radical (unpaired) electrons. The van der Waals surface area contributed by atoms with Gasteiger partial charge in [-0.3, -0.25) is 0 Å².